The highest BCUT2D eigenvalue weighted by atomic mass is 35.5. The maximum absolute atomic E-state index is 6.29. The molecule has 166 valence electrons. The Bertz CT molecular complexity index is 1250. The van der Waals surface area contributed by atoms with Crippen LogP contribution in [0.2, 0.25) is 4.34 Å². The van der Waals surface area contributed by atoms with Gasteiger partial charge in [-0.05, 0) is 85.0 Å². The lowest BCUT2D eigenvalue weighted by Gasteiger charge is -2.27. The molecule has 1 aliphatic rings. The van der Waals surface area contributed by atoms with Gasteiger partial charge in [0.1, 0.15) is 17.2 Å². The number of ether oxygens (including phenoxy) is 2. The minimum atomic E-state index is -0.0938. The molecule has 1 fully saturated rings. The van der Waals surface area contributed by atoms with Crippen LogP contribution < -0.4 is 19.7 Å². The van der Waals surface area contributed by atoms with Gasteiger partial charge < -0.3 is 19.7 Å². The highest BCUT2D eigenvalue weighted by Crippen LogP contribution is 2.44. The zero-order valence-electron chi connectivity index (χ0n) is 17.6. The molecule has 0 saturated carbocycles. The summed E-state index contributed by atoms with van der Waals surface area (Å²) in [6.45, 7) is 0. The lowest BCUT2D eigenvalue weighted by atomic mass is 10.0. The van der Waals surface area contributed by atoms with Crippen molar-refractivity contribution in [3.8, 4) is 17.2 Å². The van der Waals surface area contributed by atoms with Crippen molar-refractivity contribution in [3.05, 3.63) is 100.0 Å². The lowest BCUT2D eigenvalue weighted by molar-refractivity contribution is 0.413. The number of aromatic nitrogens is 1. The van der Waals surface area contributed by atoms with Crippen molar-refractivity contribution in [2.24, 2.45) is 0 Å². The van der Waals surface area contributed by atoms with E-state index in [1.165, 1.54) is 0 Å². The highest BCUT2D eigenvalue weighted by molar-refractivity contribution is 7.80. The Morgan fingerprint density at radius 2 is 1.64 bits per heavy atom. The summed E-state index contributed by atoms with van der Waals surface area (Å²) < 4.78 is 11.9. The van der Waals surface area contributed by atoms with Crippen molar-refractivity contribution in [1.29, 1.82) is 0 Å². The van der Waals surface area contributed by atoms with Crippen LogP contribution in [0, 0.1) is 0 Å². The molecule has 1 N–H and O–H groups in total. The fraction of sp³-hybridized carbons (Fsp3) is 0.120. The lowest BCUT2D eigenvalue weighted by Crippen LogP contribution is -2.28. The van der Waals surface area contributed by atoms with Gasteiger partial charge in [-0.15, -0.1) is 11.3 Å². The maximum atomic E-state index is 6.29. The Balaban J connectivity index is 1.44. The van der Waals surface area contributed by atoms with Gasteiger partial charge in [0.05, 0.1) is 29.2 Å². The van der Waals surface area contributed by atoms with Crippen LogP contribution >= 0.6 is 35.2 Å². The van der Waals surface area contributed by atoms with E-state index >= 15 is 0 Å². The molecule has 5 rings (SSSR count). The van der Waals surface area contributed by atoms with Crippen LogP contribution in [0.4, 0.5) is 5.69 Å². The molecule has 4 aromatic rings. The van der Waals surface area contributed by atoms with Crippen molar-refractivity contribution in [3.63, 3.8) is 0 Å². The molecule has 0 aliphatic carbocycles. The van der Waals surface area contributed by atoms with Gasteiger partial charge in [0, 0.05) is 16.8 Å². The van der Waals surface area contributed by atoms with Gasteiger partial charge >= 0.3 is 0 Å². The monoisotopic (exact) mass is 493 g/mol. The Labute approximate surface area is 206 Å². The van der Waals surface area contributed by atoms with Crippen molar-refractivity contribution in [2.45, 2.75) is 12.1 Å². The second-order valence-electron chi connectivity index (χ2n) is 7.41. The number of nitrogens with one attached hydrogen (secondary N) is 1. The smallest absolute Gasteiger partial charge is 0.174 e. The average Bonchev–Trinajstić information content (AvgIpc) is 3.43. The topological polar surface area (TPSA) is 46.6 Å². The van der Waals surface area contributed by atoms with Gasteiger partial charge in [-0.3, -0.25) is 4.98 Å². The van der Waals surface area contributed by atoms with E-state index in [2.05, 4.69) is 21.3 Å². The third-order valence-corrected chi connectivity index (χ3v) is 7.01. The quantitative estimate of drug-likeness (QED) is 0.299. The average molecular weight is 494 g/mol. The second kappa shape index (κ2) is 9.39. The molecule has 0 spiro atoms. The first-order chi connectivity index (χ1) is 16.1. The van der Waals surface area contributed by atoms with Gasteiger partial charge in [-0.1, -0.05) is 17.7 Å². The predicted molar refractivity (Wildman–Crippen MR) is 137 cm³/mol. The number of rotatable bonds is 6. The number of halogens is 1. The summed E-state index contributed by atoms with van der Waals surface area (Å²) in [5, 5.41) is 4.10. The number of hydrogen-bond donors (Lipinski definition) is 1. The van der Waals surface area contributed by atoms with Crippen molar-refractivity contribution >= 4 is 46.0 Å². The fourth-order valence-corrected chi connectivity index (χ4v) is 5.40. The van der Waals surface area contributed by atoms with Crippen molar-refractivity contribution in [1.82, 2.24) is 10.3 Å². The molecule has 0 bridgehead atoms. The molecule has 1 saturated heterocycles. The van der Waals surface area contributed by atoms with Crippen LogP contribution in [0.3, 0.4) is 0 Å². The molecule has 8 heteroatoms. The van der Waals surface area contributed by atoms with Crippen LogP contribution in [0.5, 0.6) is 17.2 Å². The molecule has 33 heavy (non-hydrogen) atoms. The van der Waals surface area contributed by atoms with Crippen molar-refractivity contribution < 1.29 is 9.47 Å². The third-order valence-electron chi connectivity index (χ3n) is 5.39. The first-order valence-electron chi connectivity index (χ1n) is 10.3. The number of benzene rings is 2. The maximum Gasteiger partial charge on any atom is 0.174 e. The summed E-state index contributed by atoms with van der Waals surface area (Å²) in [6.07, 6.45) is 1.80. The number of methoxy groups -OCH3 is 1. The first-order valence-corrected chi connectivity index (χ1v) is 11.9. The zero-order valence-corrected chi connectivity index (χ0v) is 20.0. The van der Waals surface area contributed by atoms with Crippen LogP contribution in [0.25, 0.3) is 0 Å². The third kappa shape index (κ3) is 4.53. The van der Waals surface area contributed by atoms with E-state index in [0.717, 1.165) is 37.8 Å². The minimum absolute atomic E-state index is 0.0711. The largest absolute Gasteiger partial charge is 0.497 e. The van der Waals surface area contributed by atoms with Gasteiger partial charge in [0.2, 0.25) is 0 Å². The Morgan fingerprint density at radius 3 is 2.24 bits per heavy atom. The molecule has 1 aliphatic heterocycles. The zero-order chi connectivity index (χ0) is 22.8. The fourth-order valence-electron chi connectivity index (χ4n) is 3.86. The van der Waals surface area contributed by atoms with Gasteiger partial charge in [-0.2, -0.15) is 0 Å². The van der Waals surface area contributed by atoms with E-state index in [9.17, 15) is 0 Å². The van der Waals surface area contributed by atoms with Crippen LogP contribution in [0.1, 0.15) is 22.7 Å². The van der Waals surface area contributed by atoms with E-state index in [1.807, 2.05) is 72.8 Å². The molecule has 2 aromatic carbocycles. The number of thiocarbonyl (C=S) groups is 1. The normalized spacial score (nSPS) is 17.6. The molecule has 0 radical (unpaired) electrons. The molecule has 2 atom stereocenters. The molecular weight excluding hydrogens is 474 g/mol. The van der Waals surface area contributed by atoms with E-state index in [4.69, 9.17) is 33.3 Å². The number of nitrogens with zero attached hydrogens (tertiary/aromatic N) is 2. The van der Waals surface area contributed by atoms with Crippen LogP contribution in [-0.4, -0.2) is 17.2 Å². The molecule has 5 nitrogen and oxygen atoms in total. The number of anilines is 1. The minimum Gasteiger partial charge on any atom is -0.497 e. The Kier molecular flexibility index (Phi) is 6.17. The van der Waals surface area contributed by atoms with E-state index in [0.29, 0.717) is 5.11 Å². The predicted octanol–water partition coefficient (Wildman–Crippen LogP) is 6.77. The Morgan fingerprint density at radius 1 is 0.939 bits per heavy atom. The van der Waals surface area contributed by atoms with Gasteiger partial charge in [0.25, 0.3) is 0 Å². The van der Waals surface area contributed by atoms with Crippen LogP contribution in [-0.2, 0) is 0 Å². The van der Waals surface area contributed by atoms with E-state index < -0.39 is 0 Å². The summed E-state index contributed by atoms with van der Waals surface area (Å²) in [5.41, 5.74) is 1.89. The second-order valence-corrected chi connectivity index (χ2v) is 9.54. The van der Waals surface area contributed by atoms with Gasteiger partial charge in [-0.25, -0.2) is 0 Å². The van der Waals surface area contributed by atoms with E-state index in [1.54, 1.807) is 24.6 Å². The molecule has 0 amide bonds. The van der Waals surface area contributed by atoms with Crippen molar-refractivity contribution in [2.75, 3.05) is 12.0 Å². The van der Waals surface area contributed by atoms with Crippen LogP contribution in [0.15, 0.2) is 85.1 Å². The van der Waals surface area contributed by atoms with Gasteiger partial charge in [0.15, 0.2) is 5.11 Å². The standard InChI is InChI=1S/C25H20ClN3O2S2/c1-30-17-9-11-19(12-10-17)31-18-7-5-16(6-8-18)29-24(21-13-14-22(26)33-21)23(28-25(29)32)20-4-2-3-15-27-20/h2-15,23-24H,1H3,(H,28,32)/t23-,24+/m1/s1. The Hall–Kier alpha value is -3.13. The number of thiophene rings is 1. The summed E-state index contributed by atoms with van der Waals surface area (Å²) in [6, 6.07) is 25.1. The summed E-state index contributed by atoms with van der Waals surface area (Å²) in [5.74, 6) is 2.26. The first kappa shape index (κ1) is 21.7. The summed E-state index contributed by atoms with van der Waals surface area (Å²) in [7, 11) is 1.64. The molecular formula is C25H20ClN3O2S2. The van der Waals surface area contributed by atoms with E-state index in [-0.39, 0.29) is 12.1 Å². The molecule has 0 unspecified atom stereocenters. The summed E-state index contributed by atoms with van der Waals surface area (Å²) >= 11 is 13.6. The number of hydrogen-bond acceptors (Lipinski definition) is 5. The highest BCUT2D eigenvalue weighted by Gasteiger charge is 2.41. The SMILES string of the molecule is COc1ccc(Oc2ccc(N3C(=S)N[C@H](c4ccccn4)[C@@H]3c3ccc(Cl)s3)cc2)cc1. The summed E-state index contributed by atoms with van der Waals surface area (Å²) in [4.78, 5) is 7.80. The number of pyridine rings is 1. The molecule has 3 heterocycles. The molecule has 2 aromatic heterocycles.